The van der Waals surface area contributed by atoms with E-state index in [4.69, 9.17) is 5.73 Å². The number of nitrogens with two attached hydrogens (primary N) is 1. The number of piperazine rings is 1. The Morgan fingerprint density at radius 1 is 0.882 bits per heavy atom. The van der Waals surface area contributed by atoms with Crippen LogP contribution in [0.1, 0.15) is 36.0 Å². The highest BCUT2D eigenvalue weighted by Gasteiger charge is 2.35. The molecule has 14 heteroatoms. The lowest BCUT2D eigenvalue weighted by Gasteiger charge is -2.35. The monoisotopic (exact) mass is 716 g/mol. The first-order chi connectivity index (χ1) is 24.3. The van der Waals surface area contributed by atoms with Crippen molar-refractivity contribution in [2.24, 2.45) is 5.73 Å². The smallest absolute Gasteiger partial charge is 0.406 e. The molecule has 3 aromatic carbocycles. The van der Waals surface area contributed by atoms with Crippen LogP contribution in [-0.4, -0.2) is 78.0 Å². The van der Waals surface area contributed by atoms with Crippen molar-refractivity contribution in [3.8, 4) is 16.9 Å². The zero-order valence-electron chi connectivity index (χ0n) is 28.1. The van der Waals surface area contributed by atoms with E-state index in [2.05, 4.69) is 30.9 Å². The van der Waals surface area contributed by atoms with Crippen LogP contribution in [0, 0.1) is 0 Å². The van der Waals surface area contributed by atoms with E-state index in [0.717, 1.165) is 33.7 Å². The number of nitrogens with one attached hydrogen (secondary N) is 2. The van der Waals surface area contributed by atoms with Crippen LogP contribution in [0.3, 0.4) is 0 Å². The minimum absolute atomic E-state index is 0.153. The highest BCUT2D eigenvalue weighted by atomic mass is 19.4. The number of hydrogen-bond donors (Lipinski definition) is 3. The molecule has 4 N–H and O–H groups in total. The van der Waals surface area contributed by atoms with Gasteiger partial charge >= 0.3 is 12.5 Å². The molecule has 0 atom stereocenters. The summed E-state index contributed by atoms with van der Waals surface area (Å²) in [6, 6.07) is 17.6. The summed E-state index contributed by atoms with van der Waals surface area (Å²) in [6.45, 7) is 5.91. The second-order valence-corrected chi connectivity index (χ2v) is 13.4. The molecule has 4 aromatic rings. The number of carbonyl (C=O) groups is 1. The standard InChI is InChI=1S/C37H42F6N6O2/c38-36(39,40)32-5-2-1-4-28(32)24-48-20-18-47(19-21-48)23-26-6-11-33-30(22-26)31(27-7-9-29(10-8-27)51-37(41,42)43)25-49(33)17-3-14-46-34(50)35(44)12-15-45-16-13-35/h1-2,4-11,22,25,45H,3,12-21,23-24,44H2,(H,46,50). The Kier molecular flexibility index (Phi) is 11.0. The third-order valence-corrected chi connectivity index (χ3v) is 9.74. The lowest BCUT2D eigenvalue weighted by Crippen LogP contribution is -2.59. The van der Waals surface area contributed by atoms with Gasteiger partial charge in [0.2, 0.25) is 5.91 Å². The quantitative estimate of drug-likeness (QED) is 0.128. The zero-order chi connectivity index (χ0) is 36.2. The van der Waals surface area contributed by atoms with Crippen molar-refractivity contribution in [3.05, 3.63) is 89.6 Å². The van der Waals surface area contributed by atoms with Crippen molar-refractivity contribution in [2.75, 3.05) is 45.8 Å². The Morgan fingerprint density at radius 3 is 2.22 bits per heavy atom. The largest absolute Gasteiger partial charge is 0.573 e. The second-order valence-electron chi connectivity index (χ2n) is 13.4. The van der Waals surface area contributed by atoms with E-state index in [1.165, 1.54) is 24.3 Å². The predicted octanol–water partition coefficient (Wildman–Crippen LogP) is 6.13. The molecule has 0 bridgehead atoms. The van der Waals surface area contributed by atoms with Crippen molar-refractivity contribution in [1.82, 2.24) is 25.0 Å². The average molecular weight is 717 g/mol. The molecule has 2 aliphatic heterocycles. The third kappa shape index (κ3) is 9.23. The van der Waals surface area contributed by atoms with Crippen molar-refractivity contribution in [1.29, 1.82) is 0 Å². The summed E-state index contributed by atoms with van der Waals surface area (Å²) in [4.78, 5) is 17.1. The van der Waals surface area contributed by atoms with Gasteiger partial charge in [-0.15, -0.1) is 13.2 Å². The van der Waals surface area contributed by atoms with E-state index in [9.17, 15) is 31.1 Å². The number of amides is 1. The molecule has 0 saturated carbocycles. The maximum absolute atomic E-state index is 13.5. The first kappa shape index (κ1) is 36.7. The van der Waals surface area contributed by atoms with Crippen LogP contribution in [-0.2, 0) is 30.6 Å². The lowest BCUT2D eigenvalue weighted by atomic mass is 9.88. The first-order valence-electron chi connectivity index (χ1n) is 17.1. The summed E-state index contributed by atoms with van der Waals surface area (Å²) in [5, 5.41) is 7.13. The number of piperidine rings is 1. The molecule has 1 aromatic heterocycles. The highest BCUT2D eigenvalue weighted by molar-refractivity contribution is 5.96. The van der Waals surface area contributed by atoms with E-state index in [1.54, 1.807) is 18.2 Å². The number of hydrogen-bond acceptors (Lipinski definition) is 6. The van der Waals surface area contributed by atoms with E-state index >= 15 is 0 Å². The molecule has 0 spiro atoms. The number of aryl methyl sites for hydroxylation is 1. The van der Waals surface area contributed by atoms with Crippen molar-refractivity contribution < 1.29 is 35.9 Å². The number of ether oxygens (including phenoxy) is 1. The highest BCUT2D eigenvalue weighted by Crippen LogP contribution is 2.35. The molecular formula is C37H42F6N6O2. The average Bonchev–Trinajstić information content (AvgIpc) is 3.45. The zero-order valence-corrected chi connectivity index (χ0v) is 28.1. The number of rotatable bonds is 11. The fourth-order valence-corrected chi connectivity index (χ4v) is 6.96. The van der Waals surface area contributed by atoms with E-state index in [1.807, 2.05) is 23.2 Å². The Morgan fingerprint density at radius 2 is 1.55 bits per heavy atom. The van der Waals surface area contributed by atoms with Gasteiger partial charge in [-0.1, -0.05) is 36.4 Å². The summed E-state index contributed by atoms with van der Waals surface area (Å²) in [5.74, 6) is -0.460. The normalized spacial score (nSPS) is 17.5. The van der Waals surface area contributed by atoms with Crippen LogP contribution in [0.2, 0.25) is 0 Å². The van der Waals surface area contributed by atoms with Crippen molar-refractivity contribution in [3.63, 3.8) is 0 Å². The Labute approximate surface area is 292 Å². The molecular weight excluding hydrogens is 674 g/mol. The van der Waals surface area contributed by atoms with Crippen LogP contribution in [0.25, 0.3) is 22.0 Å². The van der Waals surface area contributed by atoms with Crippen LogP contribution in [0.4, 0.5) is 26.3 Å². The van der Waals surface area contributed by atoms with Gasteiger partial charge in [0.05, 0.1) is 11.1 Å². The molecule has 2 aliphatic rings. The van der Waals surface area contributed by atoms with Crippen LogP contribution < -0.4 is 21.1 Å². The summed E-state index contributed by atoms with van der Waals surface area (Å²) >= 11 is 0. The Bertz CT molecular complexity index is 1790. The number of halogens is 6. The number of carbonyl (C=O) groups excluding carboxylic acids is 1. The first-order valence-corrected chi connectivity index (χ1v) is 17.1. The third-order valence-electron chi connectivity index (χ3n) is 9.74. The molecule has 2 fully saturated rings. The van der Waals surface area contributed by atoms with Gasteiger partial charge in [-0.05, 0) is 79.4 Å². The fraction of sp³-hybridized carbons (Fsp3) is 0.432. The number of fused-ring (bicyclic) bond motifs is 1. The van der Waals surface area contributed by atoms with Gasteiger partial charge in [-0.25, -0.2) is 0 Å². The maximum atomic E-state index is 13.5. The van der Waals surface area contributed by atoms with Gasteiger partial charge < -0.3 is 25.7 Å². The van der Waals surface area contributed by atoms with Gasteiger partial charge in [0.15, 0.2) is 0 Å². The van der Waals surface area contributed by atoms with Gasteiger partial charge in [-0.3, -0.25) is 14.6 Å². The molecule has 51 heavy (non-hydrogen) atoms. The predicted molar refractivity (Wildman–Crippen MR) is 183 cm³/mol. The number of nitrogens with zero attached hydrogens (tertiary/aromatic N) is 3. The van der Waals surface area contributed by atoms with Gasteiger partial charge in [0.25, 0.3) is 0 Å². The van der Waals surface area contributed by atoms with Crippen molar-refractivity contribution >= 4 is 16.8 Å². The van der Waals surface area contributed by atoms with Gasteiger partial charge in [-0.2, -0.15) is 13.2 Å². The summed E-state index contributed by atoms with van der Waals surface area (Å²) in [5.41, 5.74) is 8.70. The summed E-state index contributed by atoms with van der Waals surface area (Å²) in [7, 11) is 0. The molecule has 274 valence electrons. The number of benzene rings is 3. The van der Waals surface area contributed by atoms with Crippen LogP contribution in [0.5, 0.6) is 5.75 Å². The topological polar surface area (TPSA) is 87.8 Å². The van der Waals surface area contributed by atoms with E-state index < -0.39 is 23.6 Å². The Balaban J connectivity index is 1.15. The van der Waals surface area contributed by atoms with E-state index in [-0.39, 0.29) is 23.8 Å². The lowest BCUT2D eigenvalue weighted by molar-refractivity contribution is -0.274. The van der Waals surface area contributed by atoms with Crippen LogP contribution in [0.15, 0.2) is 72.9 Å². The second kappa shape index (κ2) is 15.2. The van der Waals surface area contributed by atoms with Gasteiger partial charge in [0.1, 0.15) is 5.75 Å². The van der Waals surface area contributed by atoms with E-state index in [0.29, 0.717) is 78.2 Å². The molecule has 1 amide bonds. The minimum atomic E-state index is -4.79. The molecule has 2 saturated heterocycles. The summed E-state index contributed by atoms with van der Waals surface area (Å²) in [6.07, 6.45) is -5.42. The fourth-order valence-electron chi connectivity index (χ4n) is 6.96. The van der Waals surface area contributed by atoms with Crippen LogP contribution >= 0.6 is 0 Å². The number of aromatic nitrogens is 1. The molecule has 8 nitrogen and oxygen atoms in total. The summed E-state index contributed by atoms with van der Waals surface area (Å²) < 4.78 is 85.1. The number of alkyl halides is 6. The molecule has 3 heterocycles. The molecule has 0 aliphatic carbocycles. The van der Waals surface area contributed by atoms with Crippen molar-refractivity contribution in [2.45, 2.75) is 57.0 Å². The SMILES string of the molecule is NC1(C(=O)NCCCn2cc(-c3ccc(OC(F)(F)F)cc3)c3cc(CN4CCN(Cc5ccccc5C(F)(F)F)CC4)ccc32)CCNCC1. The minimum Gasteiger partial charge on any atom is -0.406 e. The molecule has 0 radical (unpaired) electrons. The maximum Gasteiger partial charge on any atom is 0.573 e. The molecule has 0 unspecified atom stereocenters. The Hall–Kier alpha value is -4.11. The van der Waals surface area contributed by atoms with Gasteiger partial charge in [0, 0.05) is 75.0 Å². The molecule has 6 rings (SSSR count).